The molecular formula is C27H50N4O4. The lowest BCUT2D eigenvalue weighted by atomic mass is 9.74. The molecule has 3 N–H and O–H groups in total. The number of nitrogens with one attached hydrogen (secondary N) is 3. The zero-order valence-electron chi connectivity index (χ0n) is 22.2. The number of likely N-dealkylation sites (N-methyl/N-ethyl adjacent to an activating group) is 1. The molecule has 2 saturated carbocycles. The third-order valence-corrected chi connectivity index (χ3v) is 8.35. The van der Waals surface area contributed by atoms with Gasteiger partial charge in [0, 0.05) is 38.1 Å². The number of alkyl carbamates (subject to hydrolysis) is 1. The SMILES string of the molecule is CNC[C@H](CC1CCCCC1)NC(=O)N1CC(C2CCCCC2)C[C@@H](COCCNC(=O)OC)C1. The van der Waals surface area contributed by atoms with E-state index in [-0.39, 0.29) is 12.1 Å². The van der Waals surface area contributed by atoms with Crippen LogP contribution in [0, 0.1) is 23.7 Å². The second kappa shape index (κ2) is 15.5. The fourth-order valence-corrected chi connectivity index (χ4v) is 6.56. The first-order valence-electron chi connectivity index (χ1n) is 14.2. The quantitative estimate of drug-likeness (QED) is 0.376. The molecule has 35 heavy (non-hydrogen) atoms. The van der Waals surface area contributed by atoms with Crippen molar-refractivity contribution in [2.75, 3.05) is 53.6 Å². The highest BCUT2D eigenvalue weighted by Crippen LogP contribution is 2.36. The van der Waals surface area contributed by atoms with Gasteiger partial charge in [0.25, 0.3) is 0 Å². The first kappa shape index (κ1) is 28.0. The van der Waals surface area contributed by atoms with Crippen molar-refractivity contribution >= 4 is 12.1 Å². The van der Waals surface area contributed by atoms with Crippen LogP contribution in [0.15, 0.2) is 0 Å². The topological polar surface area (TPSA) is 91.9 Å². The van der Waals surface area contributed by atoms with Crippen LogP contribution in [0.5, 0.6) is 0 Å². The molecule has 8 heteroatoms. The highest BCUT2D eigenvalue weighted by molar-refractivity contribution is 5.74. The summed E-state index contributed by atoms with van der Waals surface area (Å²) in [4.78, 5) is 26.8. The third kappa shape index (κ3) is 9.79. The molecule has 1 unspecified atom stereocenters. The van der Waals surface area contributed by atoms with Gasteiger partial charge in [0.1, 0.15) is 0 Å². The maximum Gasteiger partial charge on any atom is 0.406 e. The van der Waals surface area contributed by atoms with Gasteiger partial charge in [-0.3, -0.25) is 0 Å². The van der Waals surface area contributed by atoms with Gasteiger partial charge in [0.05, 0.1) is 20.3 Å². The number of carbonyl (C=O) groups excluding carboxylic acids is 2. The van der Waals surface area contributed by atoms with Gasteiger partial charge in [-0.1, -0.05) is 64.2 Å². The molecule has 0 aromatic rings. The molecule has 8 nitrogen and oxygen atoms in total. The standard InChI is InChI=1S/C27H50N4O4/c1-28-17-25(16-21-9-5-3-6-10-21)30-26(32)31-18-22(20-35-14-13-29-27(33)34-2)15-24(19-31)23-11-7-4-8-12-23/h21-25,28H,3-20H2,1-2H3,(H,29,33)(H,30,32)/t22-,24?,25+/m1/s1. The summed E-state index contributed by atoms with van der Waals surface area (Å²) in [7, 11) is 3.34. The molecule has 0 radical (unpaired) electrons. The fraction of sp³-hybridized carbons (Fsp3) is 0.926. The Morgan fingerprint density at radius 3 is 2.34 bits per heavy atom. The van der Waals surface area contributed by atoms with Crippen LogP contribution >= 0.6 is 0 Å². The molecule has 2 aliphatic carbocycles. The molecule has 3 aliphatic rings. The van der Waals surface area contributed by atoms with E-state index in [0.717, 1.165) is 44.3 Å². The number of methoxy groups -OCH3 is 1. The maximum atomic E-state index is 13.5. The van der Waals surface area contributed by atoms with E-state index in [9.17, 15) is 9.59 Å². The Labute approximate surface area is 212 Å². The van der Waals surface area contributed by atoms with Gasteiger partial charge in [0.15, 0.2) is 0 Å². The zero-order valence-corrected chi connectivity index (χ0v) is 22.2. The summed E-state index contributed by atoms with van der Waals surface area (Å²) in [5, 5.41) is 9.35. The van der Waals surface area contributed by atoms with E-state index < -0.39 is 6.09 Å². The molecule has 0 aromatic heterocycles. The second-order valence-electron chi connectivity index (χ2n) is 11.1. The minimum absolute atomic E-state index is 0.0962. The predicted octanol–water partition coefficient (Wildman–Crippen LogP) is 4.15. The first-order valence-corrected chi connectivity index (χ1v) is 14.2. The number of hydrogen-bond donors (Lipinski definition) is 3. The number of ether oxygens (including phenoxy) is 2. The van der Waals surface area contributed by atoms with Gasteiger partial charge >= 0.3 is 12.1 Å². The summed E-state index contributed by atoms with van der Waals surface area (Å²) in [5.41, 5.74) is 0. The summed E-state index contributed by atoms with van der Waals surface area (Å²) in [6.07, 6.45) is 15.0. The lowest BCUT2D eigenvalue weighted by Crippen LogP contribution is -2.54. The highest BCUT2D eigenvalue weighted by Gasteiger charge is 2.35. The summed E-state index contributed by atoms with van der Waals surface area (Å²) < 4.78 is 10.5. The lowest BCUT2D eigenvalue weighted by Gasteiger charge is -2.42. The summed E-state index contributed by atoms with van der Waals surface area (Å²) in [5.74, 6) is 2.34. The van der Waals surface area contributed by atoms with Crippen molar-refractivity contribution in [3.05, 3.63) is 0 Å². The van der Waals surface area contributed by atoms with Crippen LogP contribution < -0.4 is 16.0 Å². The molecule has 3 amide bonds. The van der Waals surface area contributed by atoms with E-state index in [0.29, 0.717) is 31.6 Å². The van der Waals surface area contributed by atoms with Crippen LogP contribution in [-0.4, -0.2) is 76.6 Å². The number of likely N-dealkylation sites (tertiary alicyclic amines) is 1. The number of rotatable bonds is 11. The van der Waals surface area contributed by atoms with Crippen molar-refractivity contribution in [1.29, 1.82) is 0 Å². The van der Waals surface area contributed by atoms with Gasteiger partial charge in [0.2, 0.25) is 0 Å². The number of nitrogens with zero attached hydrogens (tertiary/aromatic N) is 1. The Morgan fingerprint density at radius 1 is 0.943 bits per heavy atom. The van der Waals surface area contributed by atoms with Crippen molar-refractivity contribution < 1.29 is 19.1 Å². The monoisotopic (exact) mass is 494 g/mol. The molecule has 1 aliphatic heterocycles. The van der Waals surface area contributed by atoms with Crippen molar-refractivity contribution in [2.24, 2.45) is 23.7 Å². The molecule has 0 spiro atoms. The molecule has 1 saturated heterocycles. The van der Waals surface area contributed by atoms with Gasteiger partial charge in [-0.05, 0) is 37.6 Å². The first-order chi connectivity index (χ1) is 17.1. The number of carbonyl (C=O) groups is 2. The molecule has 0 bridgehead atoms. The molecule has 3 fully saturated rings. The van der Waals surface area contributed by atoms with Crippen LogP contribution in [0.2, 0.25) is 0 Å². The van der Waals surface area contributed by atoms with Crippen LogP contribution in [0.25, 0.3) is 0 Å². The average molecular weight is 495 g/mol. The minimum atomic E-state index is -0.434. The smallest absolute Gasteiger partial charge is 0.406 e. The summed E-state index contributed by atoms with van der Waals surface area (Å²) in [6.45, 7) is 3.95. The molecule has 1 heterocycles. The number of hydrogen-bond acceptors (Lipinski definition) is 5. The maximum absolute atomic E-state index is 13.5. The third-order valence-electron chi connectivity index (χ3n) is 8.35. The Bertz CT molecular complexity index is 622. The van der Waals surface area contributed by atoms with Crippen molar-refractivity contribution in [1.82, 2.24) is 20.9 Å². The number of piperidine rings is 1. The van der Waals surface area contributed by atoms with Crippen LogP contribution in [0.4, 0.5) is 9.59 Å². The Balaban J connectivity index is 1.54. The minimum Gasteiger partial charge on any atom is -0.453 e. The predicted molar refractivity (Wildman–Crippen MR) is 138 cm³/mol. The largest absolute Gasteiger partial charge is 0.453 e. The molecule has 202 valence electrons. The Hall–Kier alpha value is -1.54. The summed E-state index contributed by atoms with van der Waals surface area (Å²) in [6, 6.07) is 0.281. The summed E-state index contributed by atoms with van der Waals surface area (Å²) >= 11 is 0. The van der Waals surface area contributed by atoms with Crippen molar-refractivity contribution in [2.45, 2.75) is 83.1 Å². The molecular weight excluding hydrogens is 444 g/mol. The van der Waals surface area contributed by atoms with E-state index >= 15 is 0 Å². The normalized spacial score (nSPS) is 25.1. The van der Waals surface area contributed by atoms with Crippen LogP contribution in [0.3, 0.4) is 0 Å². The van der Waals surface area contributed by atoms with Crippen LogP contribution in [-0.2, 0) is 9.47 Å². The van der Waals surface area contributed by atoms with E-state index in [4.69, 9.17) is 4.74 Å². The Kier molecular flexibility index (Phi) is 12.5. The highest BCUT2D eigenvalue weighted by atomic mass is 16.5. The average Bonchev–Trinajstić information content (AvgIpc) is 2.89. The van der Waals surface area contributed by atoms with Gasteiger partial charge in [-0.25, -0.2) is 9.59 Å². The number of urea groups is 1. The number of amides is 3. The van der Waals surface area contributed by atoms with E-state index in [1.54, 1.807) is 0 Å². The second-order valence-corrected chi connectivity index (χ2v) is 11.1. The van der Waals surface area contributed by atoms with E-state index in [1.165, 1.54) is 71.3 Å². The lowest BCUT2D eigenvalue weighted by molar-refractivity contribution is 0.0346. The van der Waals surface area contributed by atoms with Gasteiger partial charge in [-0.15, -0.1) is 0 Å². The Morgan fingerprint density at radius 2 is 1.66 bits per heavy atom. The van der Waals surface area contributed by atoms with Crippen molar-refractivity contribution in [3.63, 3.8) is 0 Å². The zero-order chi connectivity index (χ0) is 24.9. The van der Waals surface area contributed by atoms with Crippen molar-refractivity contribution in [3.8, 4) is 0 Å². The van der Waals surface area contributed by atoms with E-state index in [2.05, 4.69) is 25.6 Å². The molecule has 3 atom stereocenters. The van der Waals surface area contributed by atoms with Gasteiger partial charge < -0.3 is 30.3 Å². The molecule has 3 rings (SSSR count). The van der Waals surface area contributed by atoms with Gasteiger partial charge in [-0.2, -0.15) is 0 Å². The fourth-order valence-electron chi connectivity index (χ4n) is 6.56. The van der Waals surface area contributed by atoms with E-state index in [1.807, 2.05) is 7.05 Å². The van der Waals surface area contributed by atoms with Crippen LogP contribution in [0.1, 0.15) is 77.0 Å². The molecule has 0 aromatic carbocycles.